The SMILES string of the molecule is O=C(Cc1cccnc1)N(Cc1cccnc1)c1ccc(OCc2ccc3ccccc3n2)cc1. The summed E-state index contributed by atoms with van der Waals surface area (Å²) in [6, 6.07) is 27.2. The lowest BCUT2D eigenvalue weighted by Gasteiger charge is -2.23. The van der Waals surface area contributed by atoms with Crippen LogP contribution in [0.4, 0.5) is 5.69 Å². The van der Waals surface area contributed by atoms with Crippen LogP contribution in [-0.4, -0.2) is 20.9 Å². The summed E-state index contributed by atoms with van der Waals surface area (Å²) in [5.41, 5.74) is 4.42. The molecule has 0 aliphatic carbocycles. The van der Waals surface area contributed by atoms with Gasteiger partial charge < -0.3 is 9.64 Å². The van der Waals surface area contributed by atoms with Crippen molar-refractivity contribution in [2.45, 2.75) is 19.6 Å². The van der Waals surface area contributed by atoms with Gasteiger partial charge in [-0.05, 0) is 59.7 Å². The predicted molar refractivity (Wildman–Crippen MR) is 136 cm³/mol. The zero-order chi connectivity index (χ0) is 23.9. The summed E-state index contributed by atoms with van der Waals surface area (Å²) in [5.74, 6) is 0.695. The maximum atomic E-state index is 13.3. The number of pyridine rings is 3. The molecule has 5 rings (SSSR count). The number of aromatic nitrogens is 3. The molecule has 3 heterocycles. The van der Waals surface area contributed by atoms with Crippen LogP contribution in [0.5, 0.6) is 5.75 Å². The van der Waals surface area contributed by atoms with Crippen LogP contribution in [-0.2, 0) is 24.4 Å². The Labute approximate surface area is 203 Å². The van der Waals surface area contributed by atoms with Gasteiger partial charge in [-0.25, -0.2) is 4.98 Å². The first-order valence-electron chi connectivity index (χ1n) is 11.4. The average molecular weight is 461 g/mol. The molecule has 0 N–H and O–H groups in total. The van der Waals surface area contributed by atoms with Crippen LogP contribution >= 0.6 is 0 Å². The van der Waals surface area contributed by atoms with Crippen molar-refractivity contribution in [2.24, 2.45) is 0 Å². The topological polar surface area (TPSA) is 68.2 Å². The number of nitrogens with zero attached hydrogens (tertiary/aromatic N) is 4. The highest BCUT2D eigenvalue weighted by Crippen LogP contribution is 2.23. The van der Waals surface area contributed by atoms with Crippen LogP contribution in [0.15, 0.2) is 110 Å². The highest BCUT2D eigenvalue weighted by atomic mass is 16.5. The molecule has 0 radical (unpaired) electrons. The third kappa shape index (κ3) is 5.68. The van der Waals surface area contributed by atoms with E-state index in [0.29, 0.717) is 18.9 Å². The van der Waals surface area contributed by atoms with Gasteiger partial charge in [0.15, 0.2) is 0 Å². The Bertz CT molecular complexity index is 1410. The highest BCUT2D eigenvalue weighted by molar-refractivity contribution is 5.94. The van der Waals surface area contributed by atoms with Crippen LogP contribution in [0.2, 0.25) is 0 Å². The Morgan fingerprint density at radius 1 is 0.771 bits per heavy atom. The number of anilines is 1. The van der Waals surface area contributed by atoms with E-state index in [1.54, 1.807) is 29.7 Å². The first kappa shape index (κ1) is 22.2. The molecule has 6 heteroatoms. The third-order valence-electron chi connectivity index (χ3n) is 5.63. The van der Waals surface area contributed by atoms with Crippen molar-refractivity contribution in [2.75, 3.05) is 4.90 Å². The summed E-state index contributed by atoms with van der Waals surface area (Å²) in [7, 11) is 0. The fourth-order valence-electron chi connectivity index (χ4n) is 3.84. The second-order valence-electron chi connectivity index (χ2n) is 8.16. The molecule has 0 saturated heterocycles. The number of hydrogen-bond acceptors (Lipinski definition) is 5. The quantitative estimate of drug-likeness (QED) is 0.311. The highest BCUT2D eigenvalue weighted by Gasteiger charge is 2.17. The van der Waals surface area contributed by atoms with E-state index >= 15 is 0 Å². The van der Waals surface area contributed by atoms with Crippen LogP contribution in [0.25, 0.3) is 10.9 Å². The Hall–Kier alpha value is -4.58. The molecule has 0 spiro atoms. The van der Waals surface area contributed by atoms with Gasteiger partial charge in [0, 0.05) is 35.9 Å². The Morgan fingerprint density at radius 2 is 1.51 bits per heavy atom. The molecule has 0 saturated carbocycles. The summed E-state index contributed by atoms with van der Waals surface area (Å²) in [6.45, 7) is 0.789. The van der Waals surface area contributed by atoms with Crippen molar-refractivity contribution in [3.05, 3.63) is 127 Å². The van der Waals surface area contributed by atoms with E-state index in [-0.39, 0.29) is 12.3 Å². The molecule has 172 valence electrons. The molecule has 2 aromatic carbocycles. The molecule has 35 heavy (non-hydrogen) atoms. The molecule has 0 aliphatic rings. The number of ether oxygens (including phenoxy) is 1. The summed E-state index contributed by atoms with van der Waals surface area (Å²) < 4.78 is 5.97. The summed E-state index contributed by atoms with van der Waals surface area (Å²) in [4.78, 5) is 28.0. The maximum absolute atomic E-state index is 13.3. The van der Waals surface area contributed by atoms with E-state index in [4.69, 9.17) is 4.74 Å². The van der Waals surface area contributed by atoms with Crippen molar-refractivity contribution in [3.63, 3.8) is 0 Å². The van der Waals surface area contributed by atoms with Crippen molar-refractivity contribution in [1.82, 2.24) is 15.0 Å². The number of fused-ring (bicyclic) bond motifs is 1. The zero-order valence-corrected chi connectivity index (χ0v) is 19.1. The summed E-state index contributed by atoms with van der Waals surface area (Å²) >= 11 is 0. The number of amides is 1. The first-order chi connectivity index (χ1) is 17.2. The number of para-hydroxylation sites is 1. The lowest BCUT2D eigenvalue weighted by molar-refractivity contribution is -0.118. The maximum Gasteiger partial charge on any atom is 0.231 e. The second kappa shape index (κ2) is 10.6. The minimum Gasteiger partial charge on any atom is -0.487 e. The van der Waals surface area contributed by atoms with E-state index in [1.165, 1.54) is 0 Å². The molecule has 0 unspecified atom stereocenters. The van der Waals surface area contributed by atoms with E-state index in [9.17, 15) is 4.79 Å². The summed E-state index contributed by atoms with van der Waals surface area (Å²) in [6.07, 6.45) is 7.19. The average Bonchev–Trinajstić information content (AvgIpc) is 2.92. The Balaban J connectivity index is 1.31. The molecule has 0 aliphatic heterocycles. The van der Waals surface area contributed by atoms with E-state index in [1.807, 2.05) is 84.9 Å². The van der Waals surface area contributed by atoms with Crippen molar-refractivity contribution < 1.29 is 9.53 Å². The van der Waals surface area contributed by atoms with Crippen LogP contribution in [0.1, 0.15) is 16.8 Å². The summed E-state index contributed by atoms with van der Waals surface area (Å²) in [5, 5.41) is 1.10. The minimum absolute atomic E-state index is 0.0177. The number of hydrogen-bond donors (Lipinski definition) is 0. The largest absolute Gasteiger partial charge is 0.487 e. The lowest BCUT2D eigenvalue weighted by Crippen LogP contribution is -2.31. The van der Waals surface area contributed by atoms with Crippen molar-refractivity contribution in [3.8, 4) is 5.75 Å². The van der Waals surface area contributed by atoms with E-state index in [2.05, 4.69) is 15.0 Å². The minimum atomic E-state index is -0.0177. The van der Waals surface area contributed by atoms with Gasteiger partial charge in [0.25, 0.3) is 0 Å². The molecule has 1 amide bonds. The van der Waals surface area contributed by atoms with Crippen molar-refractivity contribution >= 4 is 22.5 Å². The molecule has 0 bridgehead atoms. The molecular formula is C29H24N4O2. The molecule has 0 atom stereocenters. The van der Waals surface area contributed by atoms with Crippen LogP contribution in [0.3, 0.4) is 0 Å². The van der Waals surface area contributed by atoms with Gasteiger partial charge in [0.2, 0.25) is 5.91 Å². The van der Waals surface area contributed by atoms with Gasteiger partial charge in [-0.15, -0.1) is 0 Å². The zero-order valence-electron chi connectivity index (χ0n) is 19.1. The smallest absolute Gasteiger partial charge is 0.231 e. The first-order valence-corrected chi connectivity index (χ1v) is 11.4. The van der Waals surface area contributed by atoms with Gasteiger partial charge in [-0.1, -0.05) is 36.4 Å². The van der Waals surface area contributed by atoms with E-state index < -0.39 is 0 Å². The fraction of sp³-hybridized carbons (Fsp3) is 0.103. The van der Waals surface area contributed by atoms with Gasteiger partial charge in [-0.3, -0.25) is 14.8 Å². The monoisotopic (exact) mass is 460 g/mol. The molecule has 0 fully saturated rings. The number of carbonyl (C=O) groups is 1. The Kier molecular flexibility index (Phi) is 6.71. The molecule has 6 nitrogen and oxygen atoms in total. The third-order valence-corrected chi connectivity index (χ3v) is 5.63. The fourth-order valence-corrected chi connectivity index (χ4v) is 3.84. The number of rotatable bonds is 8. The second-order valence-corrected chi connectivity index (χ2v) is 8.16. The number of carbonyl (C=O) groups excluding carboxylic acids is 1. The predicted octanol–water partition coefficient (Wildman–Crippen LogP) is 5.38. The van der Waals surface area contributed by atoms with Gasteiger partial charge in [0.1, 0.15) is 12.4 Å². The molecule has 3 aromatic heterocycles. The Morgan fingerprint density at radius 3 is 2.26 bits per heavy atom. The van der Waals surface area contributed by atoms with Gasteiger partial charge in [-0.2, -0.15) is 0 Å². The van der Waals surface area contributed by atoms with Crippen LogP contribution in [0, 0.1) is 0 Å². The van der Waals surface area contributed by atoms with Gasteiger partial charge in [0.05, 0.1) is 24.2 Å². The van der Waals surface area contributed by atoms with Crippen LogP contribution < -0.4 is 9.64 Å². The van der Waals surface area contributed by atoms with E-state index in [0.717, 1.165) is 33.4 Å². The molecular weight excluding hydrogens is 436 g/mol. The van der Waals surface area contributed by atoms with Crippen molar-refractivity contribution in [1.29, 1.82) is 0 Å². The normalized spacial score (nSPS) is 10.7. The number of benzene rings is 2. The molecule has 5 aromatic rings. The standard InChI is InChI=1S/C29H24N4O2/c34-29(17-22-5-3-15-30-18-22)33(20-23-6-4-16-31-19-23)26-11-13-27(14-12-26)35-21-25-10-9-24-7-1-2-8-28(24)32-25/h1-16,18-19H,17,20-21H2. The lowest BCUT2D eigenvalue weighted by atomic mass is 10.1. The van der Waals surface area contributed by atoms with Gasteiger partial charge >= 0.3 is 0 Å².